The Labute approximate surface area is 188 Å². The largest absolute Gasteiger partial charge is 0.491 e. The number of hydrazine groups is 1. The molecule has 1 aromatic carbocycles. The van der Waals surface area contributed by atoms with E-state index in [2.05, 4.69) is 36.9 Å². The standard InChI is InChI=1S/C23H30N8O/c1-16(2)32-19-5-6-21(28-24)20(11-19)17(3)22-12-23(26-15-25-22)31-9-7-30(8-10-31)18-13-27-29(4)14-18/h5-6,11-16,28H,3,7-10,24H2,1-2,4H3. The highest BCUT2D eigenvalue weighted by atomic mass is 16.5. The van der Waals surface area contributed by atoms with Gasteiger partial charge in [0.2, 0.25) is 0 Å². The molecule has 1 aliphatic rings. The Hall–Kier alpha value is -3.59. The van der Waals surface area contributed by atoms with Crippen LogP contribution in [0.15, 0.2) is 49.6 Å². The van der Waals surface area contributed by atoms with E-state index in [1.807, 2.05) is 62.2 Å². The van der Waals surface area contributed by atoms with Crippen LogP contribution in [0, 0.1) is 0 Å². The molecule has 9 nitrogen and oxygen atoms in total. The number of anilines is 3. The van der Waals surface area contributed by atoms with Crippen LogP contribution in [0.4, 0.5) is 17.2 Å². The SMILES string of the molecule is C=C(c1cc(N2CCN(c3cnn(C)c3)CC2)ncn1)c1cc(OC(C)C)ccc1NN. The van der Waals surface area contributed by atoms with Crippen LogP contribution in [0.1, 0.15) is 25.1 Å². The number of nitrogen functional groups attached to an aromatic ring is 1. The third-order valence-corrected chi connectivity index (χ3v) is 5.47. The molecule has 0 spiro atoms. The van der Waals surface area contributed by atoms with Gasteiger partial charge < -0.3 is 20.0 Å². The Morgan fingerprint density at radius 1 is 1.12 bits per heavy atom. The van der Waals surface area contributed by atoms with Gasteiger partial charge in [-0.25, -0.2) is 9.97 Å². The minimum atomic E-state index is 0.0730. The predicted octanol–water partition coefficient (Wildman–Crippen LogP) is 2.67. The van der Waals surface area contributed by atoms with E-state index in [0.717, 1.165) is 66.0 Å². The Balaban J connectivity index is 1.51. The van der Waals surface area contributed by atoms with E-state index in [-0.39, 0.29) is 6.10 Å². The van der Waals surface area contributed by atoms with Crippen molar-refractivity contribution in [1.29, 1.82) is 0 Å². The maximum Gasteiger partial charge on any atom is 0.132 e. The van der Waals surface area contributed by atoms with Gasteiger partial charge in [0.15, 0.2) is 0 Å². The smallest absolute Gasteiger partial charge is 0.132 e. The van der Waals surface area contributed by atoms with Crippen LogP contribution in [-0.2, 0) is 7.05 Å². The lowest BCUT2D eigenvalue weighted by Gasteiger charge is -2.36. The van der Waals surface area contributed by atoms with Crippen LogP contribution in [0.25, 0.3) is 5.57 Å². The Kier molecular flexibility index (Phi) is 6.27. The molecule has 4 rings (SSSR count). The Morgan fingerprint density at radius 3 is 2.53 bits per heavy atom. The van der Waals surface area contributed by atoms with E-state index < -0.39 is 0 Å². The molecule has 3 N–H and O–H groups in total. The molecule has 1 aliphatic heterocycles. The number of ether oxygens (including phenoxy) is 1. The maximum absolute atomic E-state index is 5.85. The van der Waals surface area contributed by atoms with Gasteiger partial charge in [0.25, 0.3) is 0 Å². The first-order chi connectivity index (χ1) is 15.4. The second kappa shape index (κ2) is 9.27. The maximum atomic E-state index is 5.85. The van der Waals surface area contributed by atoms with Crippen molar-refractivity contribution >= 4 is 22.8 Å². The third-order valence-electron chi connectivity index (χ3n) is 5.47. The van der Waals surface area contributed by atoms with Gasteiger partial charge in [0.1, 0.15) is 17.9 Å². The number of rotatable bonds is 7. The van der Waals surface area contributed by atoms with Gasteiger partial charge in [-0.1, -0.05) is 6.58 Å². The summed E-state index contributed by atoms with van der Waals surface area (Å²) in [5.74, 6) is 7.39. The van der Waals surface area contributed by atoms with Crippen LogP contribution < -0.4 is 25.8 Å². The molecule has 0 unspecified atom stereocenters. The fourth-order valence-electron chi connectivity index (χ4n) is 3.83. The number of hydrogen-bond donors (Lipinski definition) is 2. The highest BCUT2D eigenvalue weighted by Gasteiger charge is 2.20. The molecule has 0 atom stereocenters. The summed E-state index contributed by atoms with van der Waals surface area (Å²) >= 11 is 0. The molecular formula is C23H30N8O. The highest BCUT2D eigenvalue weighted by molar-refractivity contribution is 5.84. The minimum absolute atomic E-state index is 0.0730. The number of aromatic nitrogens is 4. The topological polar surface area (TPSA) is 97.4 Å². The van der Waals surface area contributed by atoms with Gasteiger partial charge in [-0.3, -0.25) is 10.5 Å². The summed E-state index contributed by atoms with van der Waals surface area (Å²) in [5.41, 5.74) is 7.00. The van der Waals surface area contributed by atoms with Crippen molar-refractivity contribution in [3.63, 3.8) is 0 Å². The zero-order valence-corrected chi connectivity index (χ0v) is 18.8. The van der Waals surface area contributed by atoms with Crippen LogP contribution in [0.5, 0.6) is 5.75 Å². The van der Waals surface area contributed by atoms with E-state index in [4.69, 9.17) is 10.6 Å². The first-order valence-corrected chi connectivity index (χ1v) is 10.7. The molecule has 0 saturated carbocycles. The summed E-state index contributed by atoms with van der Waals surface area (Å²) < 4.78 is 7.68. The second-order valence-electron chi connectivity index (χ2n) is 8.10. The Bertz CT molecular complexity index is 1090. The molecule has 0 amide bonds. The van der Waals surface area contributed by atoms with Crippen molar-refractivity contribution < 1.29 is 4.74 Å². The van der Waals surface area contributed by atoms with E-state index >= 15 is 0 Å². The molecular weight excluding hydrogens is 404 g/mol. The summed E-state index contributed by atoms with van der Waals surface area (Å²) in [6.07, 6.45) is 5.61. The number of nitrogens with two attached hydrogens (primary N) is 1. The minimum Gasteiger partial charge on any atom is -0.491 e. The van der Waals surface area contributed by atoms with Crippen molar-refractivity contribution in [2.24, 2.45) is 12.9 Å². The fourth-order valence-corrected chi connectivity index (χ4v) is 3.83. The van der Waals surface area contributed by atoms with Gasteiger partial charge in [0.05, 0.1) is 29.4 Å². The molecule has 168 valence electrons. The van der Waals surface area contributed by atoms with Crippen molar-refractivity contribution in [1.82, 2.24) is 19.7 Å². The number of nitrogens with one attached hydrogen (secondary N) is 1. The van der Waals surface area contributed by atoms with Crippen LogP contribution in [0.2, 0.25) is 0 Å². The van der Waals surface area contributed by atoms with Crippen molar-refractivity contribution in [3.8, 4) is 5.75 Å². The first-order valence-electron chi connectivity index (χ1n) is 10.7. The highest BCUT2D eigenvalue weighted by Crippen LogP contribution is 2.32. The summed E-state index contributed by atoms with van der Waals surface area (Å²) in [6, 6.07) is 7.70. The molecule has 2 aromatic heterocycles. The lowest BCUT2D eigenvalue weighted by atomic mass is 10.0. The van der Waals surface area contributed by atoms with Gasteiger partial charge in [-0.05, 0) is 32.0 Å². The Morgan fingerprint density at radius 2 is 1.88 bits per heavy atom. The molecule has 0 bridgehead atoms. The van der Waals surface area contributed by atoms with Gasteiger partial charge in [-0.2, -0.15) is 5.10 Å². The van der Waals surface area contributed by atoms with Gasteiger partial charge >= 0.3 is 0 Å². The van der Waals surface area contributed by atoms with Crippen molar-refractivity contribution in [2.45, 2.75) is 20.0 Å². The summed E-state index contributed by atoms with van der Waals surface area (Å²) in [7, 11) is 1.94. The molecule has 0 aliphatic carbocycles. The van der Waals surface area contributed by atoms with Crippen molar-refractivity contribution in [2.75, 3.05) is 41.4 Å². The van der Waals surface area contributed by atoms with Gasteiger partial charge in [0, 0.05) is 56.6 Å². The van der Waals surface area contributed by atoms with Crippen LogP contribution in [0.3, 0.4) is 0 Å². The average molecular weight is 435 g/mol. The number of piperazine rings is 1. The molecule has 0 radical (unpaired) electrons. The summed E-state index contributed by atoms with van der Waals surface area (Å²) in [4.78, 5) is 13.6. The second-order valence-corrected chi connectivity index (χ2v) is 8.10. The monoisotopic (exact) mass is 434 g/mol. The van der Waals surface area contributed by atoms with Crippen LogP contribution >= 0.6 is 0 Å². The molecule has 9 heteroatoms. The molecule has 3 heterocycles. The molecule has 1 saturated heterocycles. The lowest BCUT2D eigenvalue weighted by molar-refractivity contribution is 0.242. The average Bonchev–Trinajstić information content (AvgIpc) is 3.24. The fraction of sp³-hybridized carbons (Fsp3) is 0.348. The normalized spacial score (nSPS) is 14.0. The van der Waals surface area contributed by atoms with E-state index in [9.17, 15) is 0 Å². The predicted molar refractivity (Wildman–Crippen MR) is 128 cm³/mol. The van der Waals surface area contributed by atoms with E-state index in [1.165, 1.54) is 0 Å². The van der Waals surface area contributed by atoms with E-state index in [1.54, 1.807) is 6.33 Å². The molecule has 32 heavy (non-hydrogen) atoms. The van der Waals surface area contributed by atoms with Crippen molar-refractivity contribution in [3.05, 3.63) is 60.8 Å². The molecule has 3 aromatic rings. The number of aryl methyl sites for hydroxylation is 1. The molecule has 1 fully saturated rings. The summed E-state index contributed by atoms with van der Waals surface area (Å²) in [6.45, 7) is 11.8. The zero-order valence-electron chi connectivity index (χ0n) is 18.8. The lowest BCUT2D eigenvalue weighted by Crippen LogP contribution is -2.46. The third kappa shape index (κ3) is 4.67. The van der Waals surface area contributed by atoms with Crippen LogP contribution in [-0.4, -0.2) is 52.0 Å². The number of benzene rings is 1. The quantitative estimate of drug-likeness (QED) is 0.433. The number of nitrogens with zero attached hydrogens (tertiary/aromatic N) is 6. The first kappa shape index (κ1) is 21.6. The van der Waals surface area contributed by atoms with Gasteiger partial charge in [-0.15, -0.1) is 0 Å². The summed E-state index contributed by atoms with van der Waals surface area (Å²) in [5, 5.41) is 4.27. The zero-order chi connectivity index (χ0) is 22.7. The van der Waals surface area contributed by atoms with E-state index in [0.29, 0.717) is 0 Å². The number of hydrogen-bond acceptors (Lipinski definition) is 8.